The summed E-state index contributed by atoms with van der Waals surface area (Å²) in [6.45, 7) is 0. The number of rotatable bonds is 2. The first-order valence-electron chi connectivity index (χ1n) is 3.16. The van der Waals surface area contributed by atoms with Crippen LogP contribution in [0, 0.1) is 5.82 Å². The van der Waals surface area contributed by atoms with Crippen molar-refractivity contribution in [2.75, 3.05) is 0 Å². The molecule has 0 N–H and O–H groups in total. The van der Waals surface area contributed by atoms with Crippen molar-refractivity contribution in [2.24, 2.45) is 0 Å². The number of carbonyl (C=O) groups is 1. The molecule has 0 bridgehead atoms. The molecule has 0 atom stereocenters. The molecular formula is C7H4FNaO4S. The number of aldehydes is 1. The van der Waals surface area contributed by atoms with Gasteiger partial charge in [-0.3, -0.25) is 4.79 Å². The third-order valence-electron chi connectivity index (χ3n) is 1.36. The second-order valence-corrected chi connectivity index (χ2v) is 3.61. The molecule has 4 nitrogen and oxygen atoms in total. The van der Waals surface area contributed by atoms with Crippen LogP contribution in [0.4, 0.5) is 4.39 Å². The van der Waals surface area contributed by atoms with Crippen LogP contribution in [-0.2, 0) is 10.1 Å². The fourth-order valence-corrected chi connectivity index (χ4v) is 1.37. The number of benzene rings is 1. The zero-order chi connectivity index (χ0) is 10.1. The molecule has 1 aromatic carbocycles. The molecular weight excluding hydrogens is 222 g/mol. The molecule has 0 spiro atoms. The Kier molecular flexibility index (Phi) is 4.90. The number of hydrogen-bond donors (Lipinski definition) is 0. The summed E-state index contributed by atoms with van der Waals surface area (Å²) in [6, 6.07) is 2.54. The van der Waals surface area contributed by atoms with Crippen molar-refractivity contribution < 1.29 is 51.7 Å². The topological polar surface area (TPSA) is 74.3 Å². The van der Waals surface area contributed by atoms with Gasteiger partial charge in [0.2, 0.25) is 0 Å². The molecule has 0 aliphatic carbocycles. The van der Waals surface area contributed by atoms with Gasteiger partial charge in [0.25, 0.3) is 0 Å². The van der Waals surface area contributed by atoms with Crippen LogP contribution < -0.4 is 29.6 Å². The predicted octanol–water partition coefficient (Wildman–Crippen LogP) is -2.45. The quantitative estimate of drug-likeness (QED) is 0.318. The SMILES string of the molecule is O=Cc1ccc(F)c(S(=O)(=O)[O-])c1.[Na+]. The van der Waals surface area contributed by atoms with E-state index in [1.807, 2.05) is 0 Å². The molecule has 14 heavy (non-hydrogen) atoms. The molecule has 1 rings (SSSR count). The van der Waals surface area contributed by atoms with E-state index in [2.05, 4.69) is 0 Å². The van der Waals surface area contributed by atoms with Gasteiger partial charge >= 0.3 is 29.6 Å². The van der Waals surface area contributed by atoms with Crippen molar-refractivity contribution in [1.29, 1.82) is 0 Å². The van der Waals surface area contributed by atoms with E-state index in [-0.39, 0.29) is 35.1 Å². The summed E-state index contributed by atoms with van der Waals surface area (Å²) in [5, 5.41) is 0. The van der Waals surface area contributed by atoms with E-state index in [0.717, 1.165) is 12.1 Å². The first-order chi connectivity index (χ1) is 5.95. The molecule has 0 amide bonds. The van der Waals surface area contributed by atoms with Crippen LogP contribution in [0.1, 0.15) is 10.4 Å². The second-order valence-electron chi connectivity index (χ2n) is 2.26. The molecule has 0 saturated heterocycles. The van der Waals surface area contributed by atoms with Gasteiger partial charge in [-0.1, -0.05) is 0 Å². The van der Waals surface area contributed by atoms with Crippen molar-refractivity contribution in [3.63, 3.8) is 0 Å². The zero-order valence-electron chi connectivity index (χ0n) is 7.23. The Morgan fingerprint density at radius 2 is 1.93 bits per heavy atom. The molecule has 0 aliphatic rings. The van der Waals surface area contributed by atoms with Crippen molar-refractivity contribution in [1.82, 2.24) is 0 Å². The average Bonchev–Trinajstić information content (AvgIpc) is 2.03. The number of halogens is 1. The van der Waals surface area contributed by atoms with Gasteiger partial charge in [0, 0.05) is 5.56 Å². The van der Waals surface area contributed by atoms with Crippen molar-refractivity contribution in [3.8, 4) is 0 Å². The molecule has 0 aromatic heterocycles. The smallest absolute Gasteiger partial charge is 0.744 e. The largest absolute Gasteiger partial charge is 1.00 e. The first kappa shape index (κ1) is 13.7. The van der Waals surface area contributed by atoms with Gasteiger partial charge in [-0.15, -0.1) is 0 Å². The maximum atomic E-state index is 12.7. The Hall–Kier alpha value is -0.270. The van der Waals surface area contributed by atoms with Gasteiger partial charge in [-0.25, -0.2) is 12.8 Å². The minimum Gasteiger partial charge on any atom is -0.744 e. The standard InChI is InChI=1S/C7H5FO4S.Na/c8-6-2-1-5(4-9)3-7(6)13(10,11)12;/h1-4H,(H,10,11,12);/q;+1/p-1. The van der Waals surface area contributed by atoms with Crippen LogP contribution in [0.25, 0.3) is 0 Å². The monoisotopic (exact) mass is 226 g/mol. The molecule has 0 aliphatic heterocycles. The Balaban J connectivity index is 0.00000169. The van der Waals surface area contributed by atoms with Gasteiger partial charge in [0.1, 0.15) is 22.2 Å². The van der Waals surface area contributed by atoms with E-state index < -0.39 is 20.8 Å². The number of carbonyl (C=O) groups excluding carboxylic acids is 1. The van der Waals surface area contributed by atoms with E-state index in [9.17, 15) is 22.2 Å². The fourth-order valence-electron chi connectivity index (χ4n) is 0.785. The van der Waals surface area contributed by atoms with E-state index in [1.165, 1.54) is 0 Å². The first-order valence-corrected chi connectivity index (χ1v) is 4.56. The summed E-state index contributed by atoms with van der Waals surface area (Å²) in [4.78, 5) is 9.17. The zero-order valence-corrected chi connectivity index (χ0v) is 10.0. The van der Waals surface area contributed by atoms with Crippen LogP contribution in [0.15, 0.2) is 23.1 Å². The van der Waals surface area contributed by atoms with E-state index >= 15 is 0 Å². The molecule has 0 heterocycles. The Morgan fingerprint density at radius 1 is 1.36 bits per heavy atom. The maximum absolute atomic E-state index is 12.7. The molecule has 0 unspecified atom stereocenters. The predicted molar refractivity (Wildman–Crippen MR) is 39.8 cm³/mol. The summed E-state index contributed by atoms with van der Waals surface area (Å²) in [7, 11) is -4.85. The van der Waals surface area contributed by atoms with Gasteiger partial charge < -0.3 is 4.55 Å². The average molecular weight is 226 g/mol. The third-order valence-corrected chi connectivity index (χ3v) is 2.21. The van der Waals surface area contributed by atoms with Gasteiger partial charge in [-0.05, 0) is 18.2 Å². The van der Waals surface area contributed by atoms with Gasteiger partial charge in [-0.2, -0.15) is 0 Å². The van der Waals surface area contributed by atoms with E-state index in [1.54, 1.807) is 0 Å². The van der Waals surface area contributed by atoms with E-state index in [0.29, 0.717) is 12.4 Å². The van der Waals surface area contributed by atoms with Crippen LogP contribution in [0.5, 0.6) is 0 Å². The van der Waals surface area contributed by atoms with Crippen LogP contribution >= 0.6 is 0 Å². The van der Waals surface area contributed by atoms with Crippen molar-refractivity contribution in [3.05, 3.63) is 29.6 Å². The Morgan fingerprint density at radius 3 is 2.36 bits per heavy atom. The second kappa shape index (κ2) is 4.99. The molecule has 70 valence electrons. The summed E-state index contributed by atoms with van der Waals surface area (Å²) >= 11 is 0. The minimum atomic E-state index is -4.85. The molecule has 0 fully saturated rings. The van der Waals surface area contributed by atoms with Crippen LogP contribution in [0.2, 0.25) is 0 Å². The fraction of sp³-hybridized carbons (Fsp3) is 0. The maximum Gasteiger partial charge on any atom is 1.00 e. The Labute approximate surface area is 102 Å². The van der Waals surface area contributed by atoms with Gasteiger partial charge in [0.15, 0.2) is 0 Å². The summed E-state index contributed by atoms with van der Waals surface area (Å²) < 4.78 is 43.9. The molecule has 0 saturated carbocycles. The van der Waals surface area contributed by atoms with Crippen molar-refractivity contribution >= 4 is 16.4 Å². The molecule has 0 radical (unpaired) electrons. The normalized spacial score (nSPS) is 10.4. The van der Waals surface area contributed by atoms with Crippen LogP contribution in [-0.4, -0.2) is 19.3 Å². The van der Waals surface area contributed by atoms with E-state index in [4.69, 9.17) is 0 Å². The minimum absolute atomic E-state index is 0. The Bertz CT molecular complexity index is 443. The number of hydrogen-bond acceptors (Lipinski definition) is 4. The molecule has 7 heteroatoms. The third kappa shape index (κ3) is 3.14. The van der Waals surface area contributed by atoms with Gasteiger partial charge in [0.05, 0.1) is 4.90 Å². The summed E-state index contributed by atoms with van der Waals surface area (Å²) in [6.07, 6.45) is 0.328. The summed E-state index contributed by atoms with van der Waals surface area (Å²) in [5.74, 6) is -1.15. The van der Waals surface area contributed by atoms with Crippen LogP contribution in [0.3, 0.4) is 0 Å². The van der Waals surface area contributed by atoms with Crippen molar-refractivity contribution in [2.45, 2.75) is 4.90 Å². The summed E-state index contributed by atoms with van der Waals surface area (Å²) in [5.41, 5.74) is -0.0594. The molecule has 1 aromatic rings.